The Kier molecular flexibility index (Phi) is 5.98. The van der Waals surface area contributed by atoms with Gasteiger partial charge in [-0.15, -0.1) is 0 Å². The zero-order valence-electron chi connectivity index (χ0n) is 13.1. The maximum absolute atomic E-state index is 12.0. The number of quaternary nitrogens is 1. The molecule has 2 aromatic carbocycles. The monoisotopic (exact) mass is 299 g/mol. The van der Waals surface area contributed by atoms with Gasteiger partial charge in [0.1, 0.15) is 11.8 Å². The van der Waals surface area contributed by atoms with Crippen LogP contribution >= 0.6 is 0 Å². The molecule has 0 radical (unpaired) electrons. The fourth-order valence-corrected chi connectivity index (χ4v) is 2.19. The molecule has 3 N–H and O–H groups in total. The maximum atomic E-state index is 12.0. The van der Waals surface area contributed by atoms with Crippen LogP contribution in [-0.2, 0) is 4.79 Å². The maximum Gasteiger partial charge on any atom is 0.279 e. The number of nitrogens with two attached hydrogens (primary N) is 1. The van der Waals surface area contributed by atoms with Gasteiger partial charge in [-0.05, 0) is 38.1 Å². The van der Waals surface area contributed by atoms with E-state index in [9.17, 15) is 4.79 Å². The largest absolute Gasteiger partial charge is 0.494 e. The van der Waals surface area contributed by atoms with Crippen LogP contribution in [0, 0.1) is 0 Å². The minimum atomic E-state index is -0.00746. The van der Waals surface area contributed by atoms with Crippen molar-refractivity contribution in [2.24, 2.45) is 0 Å². The highest BCUT2D eigenvalue weighted by Crippen LogP contribution is 2.15. The van der Waals surface area contributed by atoms with Gasteiger partial charge in [-0.2, -0.15) is 0 Å². The average molecular weight is 299 g/mol. The zero-order chi connectivity index (χ0) is 15.8. The first kappa shape index (κ1) is 16.0. The van der Waals surface area contributed by atoms with Gasteiger partial charge in [0, 0.05) is 11.3 Å². The van der Waals surface area contributed by atoms with E-state index in [1.165, 1.54) is 5.56 Å². The van der Waals surface area contributed by atoms with E-state index in [4.69, 9.17) is 4.74 Å². The molecule has 4 nitrogen and oxygen atoms in total. The van der Waals surface area contributed by atoms with Crippen molar-refractivity contribution in [3.8, 4) is 5.75 Å². The van der Waals surface area contributed by atoms with E-state index in [1.54, 1.807) is 0 Å². The van der Waals surface area contributed by atoms with Gasteiger partial charge < -0.3 is 15.4 Å². The second kappa shape index (κ2) is 8.20. The topological polar surface area (TPSA) is 54.9 Å². The molecule has 0 aromatic heterocycles. The van der Waals surface area contributed by atoms with E-state index in [2.05, 4.69) is 24.4 Å². The summed E-state index contributed by atoms with van der Waals surface area (Å²) in [5, 5.41) is 4.92. The quantitative estimate of drug-likeness (QED) is 0.824. The number of nitrogens with one attached hydrogen (secondary N) is 1. The van der Waals surface area contributed by atoms with Crippen molar-refractivity contribution in [1.82, 2.24) is 0 Å². The molecule has 0 bridgehead atoms. The lowest BCUT2D eigenvalue weighted by Crippen LogP contribution is -2.86. The molecule has 0 unspecified atom stereocenters. The molecule has 0 aliphatic carbocycles. The van der Waals surface area contributed by atoms with Gasteiger partial charge in [-0.25, -0.2) is 0 Å². The van der Waals surface area contributed by atoms with Crippen LogP contribution < -0.4 is 15.4 Å². The first-order chi connectivity index (χ1) is 10.7. The highest BCUT2D eigenvalue weighted by molar-refractivity contribution is 5.91. The molecule has 0 saturated carbocycles. The highest BCUT2D eigenvalue weighted by Gasteiger charge is 2.11. The molecule has 0 fully saturated rings. The lowest BCUT2D eigenvalue weighted by molar-refractivity contribution is -0.682. The lowest BCUT2D eigenvalue weighted by Gasteiger charge is -2.11. The Morgan fingerprint density at radius 3 is 2.45 bits per heavy atom. The van der Waals surface area contributed by atoms with Crippen LogP contribution in [0.2, 0.25) is 0 Å². The Labute approximate surface area is 131 Å². The van der Waals surface area contributed by atoms with Crippen LogP contribution in [0.25, 0.3) is 0 Å². The van der Waals surface area contributed by atoms with Crippen molar-refractivity contribution in [1.29, 1.82) is 0 Å². The van der Waals surface area contributed by atoms with Crippen molar-refractivity contribution in [2.45, 2.75) is 19.9 Å². The summed E-state index contributed by atoms with van der Waals surface area (Å²) in [6.07, 6.45) is 0. The Morgan fingerprint density at radius 1 is 1.14 bits per heavy atom. The van der Waals surface area contributed by atoms with E-state index < -0.39 is 0 Å². The summed E-state index contributed by atoms with van der Waals surface area (Å²) in [6.45, 7) is 5.07. The standard InChI is InChI=1S/C18H22N2O2/c1-3-22-17-11-9-16(10-12-17)20-18(21)13-19-14(2)15-7-5-4-6-8-15/h4-12,14,19H,3,13H2,1-2H3,(H,20,21)/p+1/t14-/m0/s1. The number of hydrogen-bond donors (Lipinski definition) is 2. The van der Waals surface area contributed by atoms with E-state index in [1.807, 2.05) is 54.7 Å². The van der Waals surface area contributed by atoms with Gasteiger partial charge in [0.25, 0.3) is 5.91 Å². The Morgan fingerprint density at radius 2 is 1.82 bits per heavy atom. The number of carbonyl (C=O) groups excluding carboxylic acids is 1. The van der Waals surface area contributed by atoms with Crippen LogP contribution in [0.1, 0.15) is 25.5 Å². The minimum Gasteiger partial charge on any atom is -0.494 e. The summed E-state index contributed by atoms with van der Waals surface area (Å²) in [6, 6.07) is 17.8. The molecule has 0 saturated heterocycles. The summed E-state index contributed by atoms with van der Waals surface area (Å²) < 4.78 is 5.37. The van der Waals surface area contributed by atoms with Crippen molar-refractivity contribution in [3.05, 3.63) is 60.2 Å². The first-order valence-electron chi connectivity index (χ1n) is 7.60. The summed E-state index contributed by atoms with van der Waals surface area (Å²) in [5.41, 5.74) is 2.01. The number of anilines is 1. The third kappa shape index (κ3) is 4.90. The molecule has 0 spiro atoms. The van der Waals surface area contributed by atoms with Crippen molar-refractivity contribution in [2.75, 3.05) is 18.5 Å². The van der Waals surface area contributed by atoms with E-state index in [0.717, 1.165) is 11.4 Å². The normalized spacial score (nSPS) is 11.7. The molecular weight excluding hydrogens is 276 g/mol. The number of rotatable bonds is 7. The van der Waals surface area contributed by atoms with Crippen LogP contribution in [0.4, 0.5) is 5.69 Å². The Hall–Kier alpha value is -2.33. The van der Waals surface area contributed by atoms with Crippen molar-refractivity contribution in [3.63, 3.8) is 0 Å². The molecule has 0 aliphatic heterocycles. The van der Waals surface area contributed by atoms with E-state index >= 15 is 0 Å². The highest BCUT2D eigenvalue weighted by atomic mass is 16.5. The zero-order valence-corrected chi connectivity index (χ0v) is 13.1. The van der Waals surface area contributed by atoms with Crippen LogP contribution in [-0.4, -0.2) is 19.1 Å². The smallest absolute Gasteiger partial charge is 0.279 e. The van der Waals surface area contributed by atoms with Crippen LogP contribution in [0.3, 0.4) is 0 Å². The third-order valence-electron chi connectivity index (χ3n) is 3.43. The van der Waals surface area contributed by atoms with Crippen molar-refractivity contribution >= 4 is 11.6 Å². The summed E-state index contributed by atoms with van der Waals surface area (Å²) in [4.78, 5) is 12.0. The average Bonchev–Trinajstić information content (AvgIpc) is 2.55. The van der Waals surface area contributed by atoms with Gasteiger partial charge in [-0.3, -0.25) is 4.79 Å². The van der Waals surface area contributed by atoms with Gasteiger partial charge in [0.2, 0.25) is 0 Å². The molecule has 2 aromatic rings. The second-order valence-electron chi connectivity index (χ2n) is 5.14. The fraction of sp³-hybridized carbons (Fsp3) is 0.278. The van der Waals surface area contributed by atoms with E-state index in [0.29, 0.717) is 13.2 Å². The molecule has 1 amide bonds. The fourth-order valence-electron chi connectivity index (χ4n) is 2.19. The predicted molar refractivity (Wildman–Crippen MR) is 87.9 cm³/mol. The number of benzene rings is 2. The molecule has 22 heavy (non-hydrogen) atoms. The molecular formula is C18H23N2O2+. The number of carbonyl (C=O) groups is 1. The van der Waals surface area contributed by atoms with Gasteiger partial charge in [-0.1, -0.05) is 30.3 Å². The van der Waals surface area contributed by atoms with Crippen LogP contribution in [0.15, 0.2) is 54.6 Å². The van der Waals surface area contributed by atoms with Crippen LogP contribution in [0.5, 0.6) is 5.75 Å². The predicted octanol–water partition coefficient (Wildman–Crippen LogP) is 2.35. The first-order valence-corrected chi connectivity index (χ1v) is 7.60. The summed E-state index contributed by atoms with van der Waals surface area (Å²) >= 11 is 0. The molecule has 4 heteroatoms. The lowest BCUT2D eigenvalue weighted by atomic mass is 10.1. The van der Waals surface area contributed by atoms with Gasteiger partial charge in [0.05, 0.1) is 6.61 Å². The SMILES string of the molecule is CCOc1ccc(NC(=O)C[NH2+][C@@H](C)c2ccccc2)cc1. The van der Waals surface area contributed by atoms with Gasteiger partial charge in [0.15, 0.2) is 6.54 Å². The molecule has 2 rings (SSSR count). The van der Waals surface area contributed by atoms with E-state index in [-0.39, 0.29) is 11.9 Å². The second-order valence-corrected chi connectivity index (χ2v) is 5.14. The van der Waals surface area contributed by atoms with Gasteiger partial charge >= 0.3 is 0 Å². The third-order valence-corrected chi connectivity index (χ3v) is 3.43. The summed E-state index contributed by atoms with van der Waals surface area (Å²) in [5.74, 6) is 0.803. The minimum absolute atomic E-state index is 0.00746. The number of ether oxygens (including phenoxy) is 1. The molecule has 0 aliphatic rings. The Bertz CT molecular complexity index is 582. The Balaban J connectivity index is 1.80. The molecule has 116 valence electrons. The summed E-state index contributed by atoms with van der Waals surface area (Å²) in [7, 11) is 0. The number of hydrogen-bond acceptors (Lipinski definition) is 2. The number of amides is 1. The molecule has 1 atom stereocenters. The molecule has 0 heterocycles. The van der Waals surface area contributed by atoms with Crippen molar-refractivity contribution < 1.29 is 14.8 Å².